The Morgan fingerprint density at radius 3 is 2.00 bits per heavy atom. The van der Waals surface area contributed by atoms with Gasteiger partial charge in [0, 0.05) is 0 Å². The van der Waals surface area contributed by atoms with E-state index in [0.29, 0.717) is 0 Å². The van der Waals surface area contributed by atoms with Crippen molar-refractivity contribution >= 4 is 0 Å². The van der Waals surface area contributed by atoms with E-state index < -0.39 is 11.7 Å². The molecule has 2 aromatic rings. The summed E-state index contributed by atoms with van der Waals surface area (Å²) >= 11 is 0. The Labute approximate surface area is 110 Å². The van der Waals surface area contributed by atoms with Gasteiger partial charge in [-0.05, 0) is 49.1 Å². The summed E-state index contributed by atoms with van der Waals surface area (Å²) in [5, 5.41) is 0. The SMILES string of the molecule is Cc1ccc(-c2ccc(C(F)(F)F)c(C)c2)c(C)c1. The molecule has 0 fully saturated rings. The quantitative estimate of drug-likeness (QED) is 0.655. The molecule has 3 heteroatoms. The highest BCUT2D eigenvalue weighted by molar-refractivity contribution is 5.68. The van der Waals surface area contributed by atoms with Crippen molar-refractivity contribution in [3.63, 3.8) is 0 Å². The highest BCUT2D eigenvalue weighted by atomic mass is 19.4. The maximum Gasteiger partial charge on any atom is 0.416 e. The Hall–Kier alpha value is -1.77. The van der Waals surface area contributed by atoms with Gasteiger partial charge in [0.2, 0.25) is 0 Å². The molecule has 0 bridgehead atoms. The van der Waals surface area contributed by atoms with Gasteiger partial charge in [0.1, 0.15) is 0 Å². The Bertz CT molecular complexity index is 610. The van der Waals surface area contributed by atoms with Crippen LogP contribution >= 0.6 is 0 Å². The number of halogens is 3. The standard InChI is InChI=1S/C16H15F3/c1-10-4-6-14(11(2)8-10)13-5-7-15(12(3)9-13)16(17,18)19/h4-9H,1-3H3. The van der Waals surface area contributed by atoms with E-state index in [2.05, 4.69) is 0 Å². The van der Waals surface area contributed by atoms with Crippen molar-refractivity contribution in [2.45, 2.75) is 26.9 Å². The zero-order valence-electron chi connectivity index (χ0n) is 11.1. The zero-order chi connectivity index (χ0) is 14.2. The normalized spacial score (nSPS) is 11.7. The van der Waals surface area contributed by atoms with Crippen molar-refractivity contribution in [2.75, 3.05) is 0 Å². The number of hydrogen-bond donors (Lipinski definition) is 0. The molecule has 0 spiro atoms. The van der Waals surface area contributed by atoms with Crippen LogP contribution < -0.4 is 0 Å². The van der Waals surface area contributed by atoms with E-state index >= 15 is 0 Å². The maximum atomic E-state index is 12.7. The molecule has 0 radical (unpaired) electrons. The average Bonchev–Trinajstić information content (AvgIpc) is 2.26. The van der Waals surface area contributed by atoms with E-state index in [1.807, 2.05) is 32.0 Å². The van der Waals surface area contributed by atoms with Gasteiger partial charge in [-0.1, -0.05) is 35.9 Å². The molecule has 0 saturated heterocycles. The molecule has 19 heavy (non-hydrogen) atoms. The monoisotopic (exact) mass is 264 g/mol. The molecule has 0 heterocycles. The zero-order valence-corrected chi connectivity index (χ0v) is 11.1. The second-order valence-electron chi connectivity index (χ2n) is 4.85. The first-order valence-corrected chi connectivity index (χ1v) is 6.04. The summed E-state index contributed by atoms with van der Waals surface area (Å²) in [4.78, 5) is 0. The highest BCUT2D eigenvalue weighted by Crippen LogP contribution is 2.34. The number of alkyl halides is 3. The molecule has 0 nitrogen and oxygen atoms in total. The van der Waals surface area contributed by atoms with Gasteiger partial charge in [-0.25, -0.2) is 0 Å². The fourth-order valence-electron chi connectivity index (χ4n) is 2.29. The van der Waals surface area contributed by atoms with E-state index in [1.54, 1.807) is 6.07 Å². The van der Waals surface area contributed by atoms with Crippen molar-refractivity contribution in [2.24, 2.45) is 0 Å². The number of benzene rings is 2. The summed E-state index contributed by atoms with van der Waals surface area (Å²) in [6.45, 7) is 5.46. The molecule has 0 saturated carbocycles. The van der Waals surface area contributed by atoms with Gasteiger partial charge < -0.3 is 0 Å². The van der Waals surface area contributed by atoms with E-state index in [4.69, 9.17) is 0 Å². The van der Waals surface area contributed by atoms with Crippen molar-refractivity contribution in [3.8, 4) is 11.1 Å². The van der Waals surface area contributed by atoms with E-state index in [0.717, 1.165) is 28.3 Å². The van der Waals surface area contributed by atoms with Gasteiger partial charge in [0.15, 0.2) is 0 Å². The van der Waals surface area contributed by atoms with Gasteiger partial charge in [-0.3, -0.25) is 0 Å². The van der Waals surface area contributed by atoms with Crippen molar-refractivity contribution < 1.29 is 13.2 Å². The van der Waals surface area contributed by atoms with Crippen molar-refractivity contribution in [1.29, 1.82) is 0 Å². The van der Waals surface area contributed by atoms with Crippen LogP contribution in [0, 0.1) is 20.8 Å². The Morgan fingerprint density at radius 2 is 1.47 bits per heavy atom. The third-order valence-electron chi connectivity index (χ3n) is 3.22. The first-order chi connectivity index (χ1) is 8.79. The van der Waals surface area contributed by atoms with Crippen LogP contribution in [0.1, 0.15) is 22.3 Å². The second kappa shape index (κ2) is 4.72. The molecule has 0 N–H and O–H groups in total. The third-order valence-corrected chi connectivity index (χ3v) is 3.22. The summed E-state index contributed by atoms with van der Waals surface area (Å²) in [7, 11) is 0. The predicted octanol–water partition coefficient (Wildman–Crippen LogP) is 5.30. The number of rotatable bonds is 1. The Kier molecular flexibility index (Phi) is 3.40. The molecule has 2 aromatic carbocycles. The van der Waals surface area contributed by atoms with Crippen LogP contribution in [0.3, 0.4) is 0 Å². The average molecular weight is 264 g/mol. The molecular formula is C16H15F3. The van der Waals surface area contributed by atoms with Gasteiger partial charge in [0.05, 0.1) is 5.56 Å². The minimum atomic E-state index is -4.29. The van der Waals surface area contributed by atoms with Gasteiger partial charge in [0.25, 0.3) is 0 Å². The third kappa shape index (κ3) is 2.80. The van der Waals surface area contributed by atoms with E-state index in [9.17, 15) is 13.2 Å². The fraction of sp³-hybridized carbons (Fsp3) is 0.250. The summed E-state index contributed by atoms with van der Waals surface area (Å²) < 4.78 is 38.1. The number of hydrogen-bond acceptors (Lipinski definition) is 0. The van der Waals surface area contributed by atoms with Crippen molar-refractivity contribution in [3.05, 3.63) is 58.7 Å². The largest absolute Gasteiger partial charge is 0.416 e. The fourth-order valence-corrected chi connectivity index (χ4v) is 2.29. The molecule has 0 aromatic heterocycles. The smallest absolute Gasteiger partial charge is 0.166 e. The van der Waals surface area contributed by atoms with Gasteiger partial charge >= 0.3 is 6.18 Å². The molecule has 100 valence electrons. The summed E-state index contributed by atoms with van der Waals surface area (Å²) in [6, 6.07) is 10.2. The Morgan fingerprint density at radius 1 is 0.789 bits per heavy atom. The van der Waals surface area contributed by atoms with Crippen LogP contribution in [0.15, 0.2) is 36.4 Å². The van der Waals surface area contributed by atoms with Crippen LogP contribution in [0.5, 0.6) is 0 Å². The molecule has 0 aliphatic rings. The highest BCUT2D eigenvalue weighted by Gasteiger charge is 2.32. The van der Waals surface area contributed by atoms with Crippen LogP contribution in [0.25, 0.3) is 11.1 Å². The topological polar surface area (TPSA) is 0 Å². The minimum Gasteiger partial charge on any atom is -0.166 e. The van der Waals surface area contributed by atoms with E-state index in [-0.39, 0.29) is 5.56 Å². The molecule has 0 aliphatic carbocycles. The molecule has 2 rings (SSSR count). The lowest BCUT2D eigenvalue weighted by Gasteiger charge is -2.13. The summed E-state index contributed by atoms with van der Waals surface area (Å²) in [5.74, 6) is 0. The van der Waals surface area contributed by atoms with Gasteiger partial charge in [-0.2, -0.15) is 13.2 Å². The molecule has 0 aliphatic heterocycles. The van der Waals surface area contributed by atoms with Crippen LogP contribution in [0.4, 0.5) is 13.2 Å². The molecule has 0 unspecified atom stereocenters. The predicted molar refractivity (Wildman–Crippen MR) is 71.1 cm³/mol. The maximum absolute atomic E-state index is 12.7. The molecule has 0 atom stereocenters. The first kappa shape index (κ1) is 13.7. The molecular weight excluding hydrogens is 249 g/mol. The van der Waals surface area contributed by atoms with Crippen LogP contribution in [-0.2, 0) is 6.18 Å². The lowest BCUT2D eigenvalue weighted by Crippen LogP contribution is -2.07. The summed E-state index contributed by atoms with van der Waals surface area (Å²) in [6.07, 6.45) is -4.29. The van der Waals surface area contributed by atoms with Gasteiger partial charge in [-0.15, -0.1) is 0 Å². The Balaban J connectivity index is 2.51. The summed E-state index contributed by atoms with van der Waals surface area (Å²) in [5.41, 5.74) is 3.69. The van der Waals surface area contributed by atoms with Crippen LogP contribution in [-0.4, -0.2) is 0 Å². The second-order valence-corrected chi connectivity index (χ2v) is 4.85. The van der Waals surface area contributed by atoms with E-state index in [1.165, 1.54) is 13.0 Å². The minimum absolute atomic E-state index is 0.255. The number of aryl methyl sites for hydroxylation is 3. The molecule has 0 amide bonds. The lowest BCUT2D eigenvalue weighted by molar-refractivity contribution is -0.138. The first-order valence-electron chi connectivity index (χ1n) is 6.04. The van der Waals surface area contributed by atoms with Crippen LogP contribution in [0.2, 0.25) is 0 Å². The van der Waals surface area contributed by atoms with Crippen molar-refractivity contribution in [1.82, 2.24) is 0 Å². The lowest BCUT2D eigenvalue weighted by atomic mass is 9.95.